The maximum absolute atomic E-state index is 13.3. The van der Waals surface area contributed by atoms with E-state index in [4.69, 9.17) is 4.74 Å². The fourth-order valence-corrected chi connectivity index (χ4v) is 4.53. The van der Waals surface area contributed by atoms with Crippen LogP contribution in [0.4, 0.5) is 5.82 Å². The van der Waals surface area contributed by atoms with Crippen molar-refractivity contribution in [2.45, 2.75) is 18.9 Å². The van der Waals surface area contributed by atoms with Gasteiger partial charge >= 0.3 is 5.69 Å². The Hall–Kier alpha value is -3.13. The van der Waals surface area contributed by atoms with Crippen molar-refractivity contribution in [3.8, 4) is 0 Å². The van der Waals surface area contributed by atoms with E-state index in [2.05, 4.69) is 14.9 Å². The van der Waals surface area contributed by atoms with E-state index in [-0.39, 0.29) is 17.6 Å². The van der Waals surface area contributed by atoms with E-state index in [0.717, 1.165) is 42.8 Å². The lowest BCUT2D eigenvalue weighted by Crippen LogP contribution is -2.42. The zero-order chi connectivity index (χ0) is 20.5. The summed E-state index contributed by atoms with van der Waals surface area (Å²) in [5.41, 5.74) is 2.34. The molecule has 156 valence electrons. The van der Waals surface area contributed by atoms with Crippen molar-refractivity contribution in [3.63, 3.8) is 0 Å². The summed E-state index contributed by atoms with van der Waals surface area (Å²) in [6.45, 7) is 4.01. The van der Waals surface area contributed by atoms with Crippen LogP contribution in [0.1, 0.15) is 29.2 Å². The average molecular weight is 407 g/mol. The Kier molecular flexibility index (Phi) is 5.00. The molecule has 0 aliphatic carbocycles. The molecule has 0 unspecified atom stereocenters. The zero-order valence-electron chi connectivity index (χ0n) is 16.8. The molecule has 2 aliphatic heterocycles. The number of pyridine rings is 1. The van der Waals surface area contributed by atoms with Gasteiger partial charge in [-0.15, -0.1) is 0 Å². The summed E-state index contributed by atoms with van der Waals surface area (Å²) in [6.07, 6.45) is 3.23. The summed E-state index contributed by atoms with van der Waals surface area (Å²) in [6, 6.07) is 11.5. The van der Waals surface area contributed by atoms with E-state index in [0.29, 0.717) is 31.9 Å². The number of nitrogens with zero attached hydrogens (tertiary/aromatic N) is 4. The quantitative estimate of drug-likeness (QED) is 0.718. The topological polar surface area (TPSA) is 83.5 Å². The number of aromatic amines is 1. The number of H-pyrrole nitrogens is 1. The highest BCUT2D eigenvalue weighted by Gasteiger charge is 2.29. The second-order valence-corrected chi connectivity index (χ2v) is 7.81. The number of hydrogen-bond donors (Lipinski definition) is 1. The van der Waals surface area contributed by atoms with Crippen LogP contribution >= 0.6 is 0 Å². The third kappa shape index (κ3) is 3.37. The van der Waals surface area contributed by atoms with Crippen LogP contribution in [0.2, 0.25) is 0 Å². The summed E-state index contributed by atoms with van der Waals surface area (Å²) >= 11 is 0. The predicted octanol–water partition coefficient (Wildman–Crippen LogP) is 2.04. The number of fused-ring (bicyclic) bond motifs is 1. The molecule has 0 bridgehead atoms. The molecule has 2 saturated heterocycles. The molecule has 0 spiro atoms. The largest absolute Gasteiger partial charge is 0.378 e. The summed E-state index contributed by atoms with van der Waals surface area (Å²) in [5, 5.41) is 0. The number of carbonyl (C=O) groups excluding carboxylic acids is 1. The van der Waals surface area contributed by atoms with Crippen LogP contribution in [0.5, 0.6) is 0 Å². The SMILES string of the molecule is O=C(c1cccnc1N1CCOCC1)N1CCC(n2c(=O)[nH]c3ccccc32)CC1. The minimum atomic E-state index is -0.0807. The van der Waals surface area contributed by atoms with E-state index < -0.39 is 0 Å². The lowest BCUT2D eigenvalue weighted by atomic mass is 10.0. The molecule has 8 heteroatoms. The molecular formula is C22H25N5O3. The molecule has 8 nitrogen and oxygen atoms in total. The smallest absolute Gasteiger partial charge is 0.326 e. The number of morpholine rings is 1. The number of benzene rings is 1. The Morgan fingerprint density at radius 3 is 2.60 bits per heavy atom. The van der Waals surface area contributed by atoms with Gasteiger partial charge in [-0.05, 0) is 37.1 Å². The lowest BCUT2D eigenvalue weighted by Gasteiger charge is -2.34. The standard InChI is InChI=1S/C22H25N5O3/c28-21(17-4-3-9-23-20(17)25-12-14-30-15-13-25)26-10-7-16(8-11-26)27-19-6-2-1-5-18(19)24-22(27)29/h1-6,9,16H,7-8,10-15H2,(H,24,29). The minimum Gasteiger partial charge on any atom is -0.378 e. The molecule has 1 N–H and O–H groups in total. The van der Waals surface area contributed by atoms with Gasteiger partial charge in [-0.3, -0.25) is 9.36 Å². The van der Waals surface area contributed by atoms with Crippen molar-refractivity contribution in [3.05, 3.63) is 58.6 Å². The Morgan fingerprint density at radius 2 is 1.80 bits per heavy atom. The normalized spacial score (nSPS) is 18.1. The molecule has 30 heavy (non-hydrogen) atoms. The lowest BCUT2D eigenvalue weighted by molar-refractivity contribution is 0.0694. The Bertz CT molecular complexity index is 1110. The first-order valence-electron chi connectivity index (χ1n) is 10.5. The maximum Gasteiger partial charge on any atom is 0.326 e. The summed E-state index contributed by atoms with van der Waals surface area (Å²) in [4.78, 5) is 37.2. The molecule has 0 saturated carbocycles. The van der Waals surface area contributed by atoms with Crippen LogP contribution in [-0.4, -0.2) is 64.7 Å². The van der Waals surface area contributed by atoms with Gasteiger partial charge in [-0.1, -0.05) is 12.1 Å². The second kappa shape index (κ2) is 7.95. The highest BCUT2D eigenvalue weighted by molar-refractivity contribution is 5.99. The van der Waals surface area contributed by atoms with Crippen LogP contribution in [0.3, 0.4) is 0 Å². The first kappa shape index (κ1) is 18.9. The number of para-hydroxylation sites is 2. The van der Waals surface area contributed by atoms with Crippen LogP contribution < -0.4 is 10.6 Å². The number of imidazole rings is 1. The Morgan fingerprint density at radius 1 is 1.03 bits per heavy atom. The number of likely N-dealkylation sites (tertiary alicyclic amines) is 1. The predicted molar refractivity (Wildman–Crippen MR) is 114 cm³/mol. The van der Waals surface area contributed by atoms with Crippen molar-refractivity contribution in [1.82, 2.24) is 19.4 Å². The van der Waals surface area contributed by atoms with Crippen molar-refractivity contribution in [2.75, 3.05) is 44.3 Å². The molecule has 4 heterocycles. The van der Waals surface area contributed by atoms with Gasteiger partial charge in [-0.25, -0.2) is 9.78 Å². The summed E-state index contributed by atoms with van der Waals surface area (Å²) < 4.78 is 7.28. The number of ether oxygens (including phenoxy) is 1. The Balaban J connectivity index is 1.33. The molecule has 3 aromatic rings. The monoisotopic (exact) mass is 407 g/mol. The first-order chi connectivity index (χ1) is 14.7. The van der Waals surface area contributed by atoms with Crippen molar-refractivity contribution < 1.29 is 9.53 Å². The summed E-state index contributed by atoms with van der Waals surface area (Å²) in [5.74, 6) is 0.745. The van der Waals surface area contributed by atoms with Gasteiger partial charge in [0.1, 0.15) is 5.82 Å². The molecule has 0 atom stereocenters. The molecule has 2 fully saturated rings. The number of carbonyl (C=O) groups is 1. The van der Waals surface area contributed by atoms with E-state index in [1.165, 1.54) is 0 Å². The van der Waals surface area contributed by atoms with Crippen molar-refractivity contribution >= 4 is 22.8 Å². The third-order valence-electron chi connectivity index (χ3n) is 6.07. The van der Waals surface area contributed by atoms with Gasteiger partial charge in [0.05, 0.1) is 29.8 Å². The number of nitrogens with one attached hydrogen (secondary N) is 1. The van der Waals surface area contributed by atoms with E-state index in [1.807, 2.05) is 45.9 Å². The number of amides is 1. The molecule has 2 aliphatic rings. The first-order valence-corrected chi connectivity index (χ1v) is 10.5. The number of hydrogen-bond acceptors (Lipinski definition) is 5. The molecule has 0 radical (unpaired) electrons. The van der Waals surface area contributed by atoms with Gasteiger partial charge in [0, 0.05) is 38.4 Å². The number of aromatic nitrogens is 3. The third-order valence-corrected chi connectivity index (χ3v) is 6.07. The van der Waals surface area contributed by atoms with Crippen LogP contribution in [0, 0.1) is 0 Å². The highest BCUT2D eigenvalue weighted by atomic mass is 16.5. The molecule has 1 aromatic carbocycles. The zero-order valence-corrected chi connectivity index (χ0v) is 16.8. The maximum atomic E-state index is 13.3. The van der Waals surface area contributed by atoms with Crippen molar-refractivity contribution in [2.24, 2.45) is 0 Å². The number of rotatable bonds is 3. The van der Waals surface area contributed by atoms with E-state index in [9.17, 15) is 9.59 Å². The molecular weight excluding hydrogens is 382 g/mol. The van der Waals surface area contributed by atoms with Gasteiger partial charge < -0.3 is 19.5 Å². The van der Waals surface area contributed by atoms with Crippen molar-refractivity contribution in [1.29, 1.82) is 0 Å². The number of anilines is 1. The fourth-order valence-electron chi connectivity index (χ4n) is 4.53. The number of piperidine rings is 1. The fraction of sp³-hybridized carbons (Fsp3) is 0.409. The second-order valence-electron chi connectivity index (χ2n) is 7.81. The average Bonchev–Trinajstić information content (AvgIpc) is 3.15. The van der Waals surface area contributed by atoms with Crippen LogP contribution in [0.15, 0.2) is 47.4 Å². The molecule has 2 aromatic heterocycles. The van der Waals surface area contributed by atoms with Gasteiger partial charge in [0.2, 0.25) is 0 Å². The van der Waals surface area contributed by atoms with Gasteiger partial charge in [0.25, 0.3) is 5.91 Å². The van der Waals surface area contributed by atoms with Gasteiger partial charge in [-0.2, -0.15) is 0 Å². The van der Waals surface area contributed by atoms with Crippen LogP contribution in [0.25, 0.3) is 11.0 Å². The minimum absolute atomic E-state index is 0.00863. The molecule has 1 amide bonds. The molecule has 5 rings (SSSR count). The van der Waals surface area contributed by atoms with Gasteiger partial charge in [0.15, 0.2) is 0 Å². The van der Waals surface area contributed by atoms with Crippen LogP contribution in [-0.2, 0) is 4.74 Å². The van der Waals surface area contributed by atoms with E-state index in [1.54, 1.807) is 6.20 Å². The Labute approximate surface area is 174 Å². The highest BCUT2D eigenvalue weighted by Crippen LogP contribution is 2.27. The summed E-state index contributed by atoms with van der Waals surface area (Å²) in [7, 11) is 0. The van der Waals surface area contributed by atoms with E-state index >= 15 is 0 Å².